The van der Waals surface area contributed by atoms with E-state index in [0.29, 0.717) is 61.4 Å². The van der Waals surface area contributed by atoms with Crippen LogP contribution in [0.25, 0.3) is 0 Å². The average Bonchev–Trinajstić information content (AvgIpc) is 2.95. The van der Waals surface area contributed by atoms with Gasteiger partial charge in [0, 0.05) is 61.0 Å². The lowest BCUT2D eigenvalue weighted by molar-refractivity contribution is 0.103. The summed E-state index contributed by atoms with van der Waals surface area (Å²) in [5.74, 6) is 1.17. The van der Waals surface area contributed by atoms with Crippen LogP contribution in [0.3, 0.4) is 0 Å². The molecule has 0 aliphatic carbocycles. The number of unbranched alkanes of at least 4 members (excludes halogenated alkanes) is 1. The lowest BCUT2D eigenvalue weighted by atomic mass is 10.1. The number of nitrogens with one attached hydrogen (secondary N) is 2. The minimum atomic E-state index is -0.114. The highest BCUT2D eigenvalue weighted by Gasteiger charge is 2.08. The molecule has 0 aliphatic rings. The Bertz CT molecular complexity index is 1050. The monoisotopic (exact) mass is 524 g/mol. The second-order valence-electron chi connectivity index (χ2n) is 8.74. The molecule has 0 bridgehead atoms. The van der Waals surface area contributed by atoms with Crippen LogP contribution in [0.4, 0.5) is 0 Å². The number of aliphatic hydroxyl groups excluding tert-OH is 2. The first-order valence-corrected chi connectivity index (χ1v) is 13.0. The molecular weight excluding hydrogens is 484 g/mol. The largest absolute Gasteiger partial charge is 0.497 e. The molecule has 0 saturated heterocycles. The van der Waals surface area contributed by atoms with E-state index in [1.54, 1.807) is 74.9 Å². The third-order valence-electron chi connectivity index (χ3n) is 5.88. The summed E-state index contributed by atoms with van der Waals surface area (Å²) >= 11 is 0. The van der Waals surface area contributed by atoms with Crippen molar-refractivity contribution in [3.63, 3.8) is 0 Å². The van der Waals surface area contributed by atoms with E-state index in [-0.39, 0.29) is 24.8 Å². The summed E-state index contributed by atoms with van der Waals surface area (Å²) in [7, 11) is 3.16. The summed E-state index contributed by atoms with van der Waals surface area (Å²) in [6, 6.07) is 13.9. The number of carbonyl (C=O) groups excluding carboxylic acids is 2. The Morgan fingerprint density at radius 1 is 0.658 bits per heavy atom. The zero-order chi connectivity index (χ0) is 27.6. The number of allylic oxidation sites excluding steroid dienone is 4. The molecule has 8 heteroatoms. The molecule has 0 amide bonds. The molecule has 0 spiro atoms. The highest BCUT2D eigenvalue weighted by Crippen LogP contribution is 2.15. The molecule has 8 nitrogen and oxygen atoms in total. The summed E-state index contributed by atoms with van der Waals surface area (Å²) in [6.45, 7) is 1.41. The Kier molecular flexibility index (Phi) is 14.3. The maximum Gasteiger partial charge on any atom is 0.187 e. The van der Waals surface area contributed by atoms with Gasteiger partial charge >= 0.3 is 0 Å². The van der Waals surface area contributed by atoms with Crippen LogP contribution >= 0.6 is 0 Å². The molecule has 0 atom stereocenters. The molecule has 2 aromatic rings. The van der Waals surface area contributed by atoms with E-state index in [2.05, 4.69) is 10.6 Å². The van der Waals surface area contributed by atoms with Crippen molar-refractivity contribution >= 4 is 11.6 Å². The first kappa shape index (κ1) is 30.6. The molecule has 0 unspecified atom stereocenters. The average molecular weight is 525 g/mol. The molecule has 0 fully saturated rings. The molecule has 2 aromatic carbocycles. The van der Waals surface area contributed by atoms with Gasteiger partial charge in [-0.05, 0) is 87.1 Å². The summed E-state index contributed by atoms with van der Waals surface area (Å²) in [6.07, 6.45) is 7.16. The van der Waals surface area contributed by atoms with Crippen molar-refractivity contribution in [2.75, 3.05) is 40.5 Å². The Hall–Kier alpha value is -3.62. The standard InChI is InChI=1S/C30H40N2O6/c1-37-27-13-9-23(10-14-27)29(35)21-25(7-3-4-19-33)31-17-6-18-32-26(8-5-20-34)22-30(36)24-11-15-28(38-2)16-12-24/h9-16,21-22,31-34H,3-8,17-20H2,1-2H3/b25-21-,26-22-. The first-order valence-electron chi connectivity index (χ1n) is 13.0. The topological polar surface area (TPSA) is 117 Å². The van der Waals surface area contributed by atoms with Gasteiger partial charge < -0.3 is 30.3 Å². The quantitative estimate of drug-likeness (QED) is 0.124. The van der Waals surface area contributed by atoms with Gasteiger partial charge in [-0.25, -0.2) is 0 Å². The van der Waals surface area contributed by atoms with Crippen molar-refractivity contribution in [1.29, 1.82) is 0 Å². The van der Waals surface area contributed by atoms with E-state index < -0.39 is 0 Å². The maximum absolute atomic E-state index is 12.7. The van der Waals surface area contributed by atoms with E-state index >= 15 is 0 Å². The Labute approximate surface area is 225 Å². The second kappa shape index (κ2) is 17.8. The highest BCUT2D eigenvalue weighted by atomic mass is 16.5. The van der Waals surface area contributed by atoms with Crippen molar-refractivity contribution in [2.24, 2.45) is 0 Å². The fourth-order valence-electron chi connectivity index (χ4n) is 3.70. The van der Waals surface area contributed by atoms with Crippen LogP contribution in [-0.4, -0.2) is 62.3 Å². The third-order valence-corrected chi connectivity index (χ3v) is 5.88. The molecule has 2 rings (SSSR count). The zero-order valence-electron chi connectivity index (χ0n) is 22.4. The number of carbonyl (C=O) groups is 2. The predicted octanol–water partition coefficient (Wildman–Crippen LogP) is 4.04. The summed E-state index contributed by atoms with van der Waals surface area (Å²) < 4.78 is 10.3. The smallest absolute Gasteiger partial charge is 0.187 e. The van der Waals surface area contributed by atoms with E-state index in [0.717, 1.165) is 24.2 Å². The molecular formula is C30H40N2O6. The predicted molar refractivity (Wildman–Crippen MR) is 149 cm³/mol. The number of ketones is 2. The number of hydrogen-bond donors (Lipinski definition) is 4. The van der Waals surface area contributed by atoms with Crippen LogP contribution in [0.1, 0.15) is 59.2 Å². The van der Waals surface area contributed by atoms with Gasteiger partial charge in [0.2, 0.25) is 0 Å². The molecule has 0 saturated carbocycles. The summed E-state index contributed by atoms with van der Waals surface area (Å²) in [5, 5.41) is 25.0. The fraction of sp³-hybridized carbons (Fsp3) is 0.400. The van der Waals surface area contributed by atoms with Crippen molar-refractivity contribution in [2.45, 2.75) is 38.5 Å². The molecule has 0 aromatic heterocycles. The zero-order valence-corrected chi connectivity index (χ0v) is 22.4. The van der Waals surface area contributed by atoms with Crippen molar-refractivity contribution in [3.05, 3.63) is 83.2 Å². The fourth-order valence-corrected chi connectivity index (χ4v) is 3.70. The second-order valence-corrected chi connectivity index (χ2v) is 8.74. The highest BCUT2D eigenvalue weighted by molar-refractivity contribution is 6.05. The number of hydrogen-bond acceptors (Lipinski definition) is 8. The summed E-state index contributed by atoms with van der Waals surface area (Å²) in [4.78, 5) is 25.4. The van der Waals surface area contributed by atoms with Crippen LogP contribution in [-0.2, 0) is 0 Å². The molecule has 38 heavy (non-hydrogen) atoms. The molecule has 0 radical (unpaired) electrons. The number of methoxy groups -OCH3 is 2. The van der Waals surface area contributed by atoms with Crippen molar-refractivity contribution in [1.82, 2.24) is 10.6 Å². The van der Waals surface area contributed by atoms with Gasteiger partial charge in [-0.2, -0.15) is 0 Å². The number of aliphatic hydroxyl groups is 2. The minimum absolute atomic E-state index is 0.0432. The van der Waals surface area contributed by atoms with E-state index in [1.165, 1.54) is 0 Å². The lowest BCUT2D eigenvalue weighted by Gasteiger charge is -2.14. The van der Waals surface area contributed by atoms with Crippen LogP contribution in [0.2, 0.25) is 0 Å². The lowest BCUT2D eigenvalue weighted by Crippen LogP contribution is -2.23. The Morgan fingerprint density at radius 2 is 1.08 bits per heavy atom. The van der Waals surface area contributed by atoms with E-state index in [9.17, 15) is 14.7 Å². The first-order chi connectivity index (χ1) is 18.5. The molecule has 0 aliphatic heterocycles. The van der Waals surface area contributed by atoms with Gasteiger partial charge in [-0.15, -0.1) is 0 Å². The molecule has 4 N–H and O–H groups in total. The van der Waals surface area contributed by atoms with E-state index in [4.69, 9.17) is 14.6 Å². The van der Waals surface area contributed by atoms with Crippen LogP contribution in [0.5, 0.6) is 11.5 Å². The third kappa shape index (κ3) is 11.2. The summed E-state index contributed by atoms with van der Waals surface area (Å²) in [5.41, 5.74) is 2.74. The molecule has 206 valence electrons. The van der Waals surface area contributed by atoms with Gasteiger partial charge in [0.1, 0.15) is 11.5 Å². The number of rotatable bonds is 19. The van der Waals surface area contributed by atoms with E-state index in [1.807, 2.05) is 0 Å². The SMILES string of the molecule is COc1ccc(C(=O)/C=C(/CCCO)NCCCN/C(=C\C(=O)c2ccc(OC)cc2)CCCCO)cc1. The number of benzene rings is 2. The number of ether oxygens (including phenoxy) is 2. The maximum atomic E-state index is 12.7. The van der Waals surface area contributed by atoms with Crippen LogP contribution < -0.4 is 20.1 Å². The van der Waals surface area contributed by atoms with Gasteiger partial charge in [-0.3, -0.25) is 9.59 Å². The van der Waals surface area contributed by atoms with Crippen molar-refractivity contribution in [3.8, 4) is 11.5 Å². The Morgan fingerprint density at radius 3 is 1.47 bits per heavy atom. The van der Waals surface area contributed by atoms with Gasteiger partial charge in [-0.1, -0.05) is 0 Å². The van der Waals surface area contributed by atoms with Crippen LogP contribution in [0, 0.1) is 0 Å². The normalized spacial score (nSPS) is 11.7. The van der Waals surface area contributed by atoms with Crippen LogP contribution in [0.15, 0.2) is 72.1 Å². The van der Waals surface area contributed by atoms with Crippen molar-refractivity contribution < 1.29 is 29.3 Å². The van der Waals surface area contributed by atoms with Gasteiger partial charge in [0.05, 0.1) is 14.2 Å². The van der Waals surface area contributed by atoms with Gasteiger partial charge in [0.25, 0.3) is 0 Å². The molecule has 0 heterocycles. The Balaban J connectivity index is 1.93. The van der Waals surface area contributed by atoms with Gasteiger partial charge in [0.15, 0.2) is 11.6 Å². The minimum Gasteiger partial charge on any atom is -0.497 e.